The second-order valence-corrected chi connectivity index (χ2v) is 4.46. The highest BCUT2D eigenvalue weighted by atomic mass is 16.5. The number of hydrogen-bond donors (Lipinski definition) is 2. The van der Waals surface area contributed by atoms with Crippen LogP contribution in [0.2, 0.25) is 0 Å². The highest BCUT2D eigenvalue weighted by Crippen LogP contribution is 2.13. The molecule has 0 aliphatic rings. The van der Waals surface area contributed by atoms with Crippen LogP contribution in [0, 0.1) is 0 Å². The van der Waals surface area contributed by atoms with Gasteiger partial charge in [0, 0.05) is 6.61 Å². The molecule has 0 saturated carbocycles. The van der Waals surface area contributed by atoms with Gasteiger partial charge >= 0.3 is 5.97 Å². The van der Waals surface area contributed by atoms with E-state index in [-0.39, 0.29) is 19.2 Å². The van der Waals surface area contributed by atoms with Gasteiger partial charge in [0.25, 0.3) is 0 Å². The van der Waals surface area contributed by atoms with E-state index in [0.717, 1.165) is 18.5 Å². The Balaban J connectivity index is 2.50. The number of benzene rings is 1. The number of methoxy groups -OCH3 is 1. The fraction of sp³-hybridized carbons (Fsp3) is 0.533. The van der Waals surface area contributed by atoms with Crippen LogP contribution in [0.3, 0.4) is 0 Å². The molecule has 1 atom stereocenters. The Morgan fingerprint density at radius 2 is 2.05 bits per heavy atom. The molecule has 0 bridgehead atoms. The quantitative estimate of drug-likeness (QED) is 0.664. The van der Waals surface area contributed by atoms with Crippen LogP contribution in [-0.2, 0) is 16.0 Å². The molecule has 0 aliphatic heterocycles. The zero-order valence-electron chi connectivity index (χ0n) is 12.1. The number of aliphatic hydroxyl groups is 1. The predicted octanol–water partition coefficient (Wildman–Crippen LogP) is 1.14. The SMILES string of the molecule is CCCNC(COc1ccc(CCO)cc1)C(=O)OC. The smallest absolute Gasteiger partial charge is 0.326 e. The number of esters is 1. The van der Waals surface area contributed by atoms with Crippen molar-refractivity contribution in [2.24, 2.45) is 0 Å². The molecule has 0 amide bonds. The molecule has 0 aliphatic carbocycles. The van der Waals surface area contributed by atoms with Crippen molar-refractivity contribution in [2.45, 2.75) is 25.8 Å². The predicted molar refractivity (Wildman–Crippen MR) is 76.8 cm³/mol. The van der Waals surface area contributed by atoms with Crippen LogP contribution >= 0.6 is 0 Å². The molecule has 0 aromatic heterocycles. The molecular formula is C15H23NO4. The fourth-order valence-corrected chi connectivity index (χ4v) is 1.73. The van der Waals surface area contributed by atoms with E-state index in [9.17, 15) is 4.79 Å². The van der Waals surface area contributed by atoms with E-state index in [2.05, 4.69) is 5.32 Å². The molecule has 0 fully saturated rings. The Kier molecular flexibility index (Phi) is 7.69. The molecular weight excluding hydrogens is 258 g/mol. The van der Waals surface area contributed by atoms with E-state index < -0.39 is 6.04 Å². The normalized spacial score (nSPS) is 11.9. The molecule has 1 rings (SSSR count). The summed E-state index contributed by atoms with van der Waals surface area (Å²) in [5.74, 6) is 0.370. The molecule has 1 aromatic carbocycles. The first kappa shape index (κ1) is 16.5. The maximum absolute atomic E-state index is 11.6. The van der Waals surface area contributed by atoms with Gasteiger partial charge in [-0.05, 0) is 37.1 Å². The maximum Gasteiger partial charge on any atom is 0.326 e. The molecule has 0 saturated heterocycles. The van der Waals surface area contributed by atoms with Gasteiger partial charge in [0.05, 0.1) is 7.11 Å². The van der Waals surface area contributed by atoms with Gasteiger partial charge in [-0.2, -0.15) is 0 Å². The molecule has 0 spiro atoms. The number of ether oxygens (including phenoxy) is 2. The molecule has 1 aromatic rings. The Morgan fingerprint density at radius 3 is 2.60 bits per heavy atom. The van der Waals surface area contributed by atoms with E-state index in [1.54, 1.807) is 0 Å². The lowest BCUT2D eigenvalue weighted by atomic mass is 10.1. The zero-order chi connectivity index (χ0) is 14.8. The average molecular weight is 281 g/mol. The van der Waals surface area contributed by atoms with E-state index in [1.165, 1.54) is 7.11 Å². The first-order valence-electron chi connectivity index (χ1n) is 6.85. The summed E-state index contributed by atoms with van der Waals surface area (Å²) in [6.07, 6.45) is 1.56. The van der Waals surface area contributed by atoms with Gasteiger partial charge in [0.15, 0.2) is 0 Å². The Hall–Kier alpha value is -1.59. The van der Waals surface area contributed by atoms with E-state index in [1.807, 2.05) is 31.2 Å². The number of hydrogen-bond acceptors (Lipinski definition) is 5. The van der Waals surface area contributed by atoms with E-state index >= 15 is 0 Å². The summed E-state index contributed by atoms with van der Waals surface area (Å²) in [5.41, 5.74) is 1.05. The highest BCUT2D eigenvalue weighted by molar-refractivity contribution is 5.75. The monoisotopic (exact) mass is 281 g/mol. The third-order valence-electron chi connectivity index (χ3n) is 2.87. The molecule has 1 unspecified atom stereocenters. The molecule has 0 radical (unpaired) electrons. The van der Waals surface area contributed by atoms with Gasteiger partial charge in [-0.1, -0.05) is 19.1 Å². The molecule has 112 valence electrons. The van der Waals surface area contributed by atoms with Crippen molar-refractivity contribution in [1.29, 1.82) is 0 Å². The van der Waals surface area contributed by atoms with Crippen LogP contribution in [0.25, 0.3) is 0 Å². The minimum absolute atomic E-state index is 0.131. The van der Waals surface area contributed by atoms with Gasteiger partial charge in [-0.3, -0.25) is 4.79 Å². The summed E-state index contributed by atoms with van der Waals surface area (Å²) in [6, 6.07) is 7.01. The number of rotatable bonds is 9. The fourth-order valence-electron chi connectivity index (χ4n) is 1.73. The van der Waals surface area contributed by atoms with Gasteiger partial charge in [0.2, 0.25) is 0 Å². The van der Waals surface area contributed by atoms with Crippen molar-refractivity contribution in [3.05, 3.63) is 29.8 Å². The Labute approximate surface area is 119 Å². The minimum Gasteiger partial charge on any atom is -0.491 e. The molecule has 2 N–H and O–H groups in total. The van der Waals surface area contributed by atoms with Crippen LogP contribution in [0.5, 0.6) is 5.75 Å². The summed E-state index contributed by atoms with van der Waals surface area (Å²) < 4.78 is 10.3. The standard InChI is InChI=1S/C15H23NO4/c1-3-9-16-14(15(18)19-2)11-20-13-6-4-12(5-7-13)8-10-17/h4-7,14,16-17H,3,8-11H2,1-2H3. The topological polar surface area (TPSA) is 67.8 Å². The van der Waals surface area contributed by atoms with Gasteiger partial charge in [-0.25, -0.2) is 0 Å². The Bertz CT molecular complexity index is 391. The number of nitrogens with one attached hydrogen (secondary N) is 1. The van der Waals surface area contributed by atoms with Crippen LogP contribution in [0.15, 0.2) is 24.3 Å². The molecule has 5 heteroatoms. The summed E-state index contributed by atoms with van der Waals surface area (Å²) in [6.45, 7) is 3.12. The summed E-state index contributed by atoms with van der Waals surface area (Å²) >= 11 is 0. The summed E-state index contributed by atoms with van der Waals surface area (Å²) in [5, 5.41) is 11.9. The van der Waals surface area contributed by atoms with Crippen LogP contribution in [0.4, 0.5) is 0 Å². The van der Waals surface area contributed by atoms with Crippen molar-refractivity contribution in [2.75, 3.05) is 26.9 Å². The highest BCUT2D eigenvalue weighted by Gasteiger charge is 2.18. The number of carbonyl (C=O) groups is 1. The van der Waals surface area contributed by atoms with Crippen molar-refractivity contribution in [3.63, 3.8) is 0 Å². The van der Waals surface area contributed by atoms with E-state index in [4.69, 9.17) is 14.6 Å². The second-order valence-electron chi connectivity index (χ2n) is 4.46. The Morgan fingerprint density at radius 1 is 1.35 bits per heavy atom. The first-order valence-corrected chi connectivity index (χ1v) is 6.85. The van der Waals surface area contributed by atoms with Crippen LogP contribution in [0.1, 0.15) is 18.9 Å². The van der Waals surface area contributed by atoms with Crippen molar-refractivity contribution in [3.8, 4) is 5.75 Å². The van der Waals surface area contributed by atoms with Crippen molar-refractivity contribution in [1.82, 2.24) is 5.32 Å². The third kappa shape index (κ3) is 5.59. The summed E-state index contributed by atoms with van der Waals surface area (Å²) in [7, 11) is 1.37. The van der Waals surface area contributed by atoms with Gasteiger partial charge in [-0.15, -0.1) is 0 Å². The minimum atomic E-state index is -0.461. The van der Waals surface area contributed by atoms with Crippen molar-refractivity contribution >= 4 is 5.97 Å². The van der Waals surface area contributed by atoms with Crippen LogP contribution in [-0.4, -0.2) is 44.0 Å². The molecule has 0 heterocycles. The molecule has 5 nitrogen and oxygen atoms in total. The first-order chi connectivity index (χ1) is 9.71. The summed E-state index contributed by atoms with van der Waals surface area (Å²) in [4.78, 5) is 11.6. The lowest BCUT2D eigenvalue weighted by molar-refractivity contribution is -0.143. The van der Waals surface area contributed by atoms with Crippen molar-refractivity contribution < 1.29 is 19.4 Å². The van der Waals surface area contributed by atoms with Gasteiger partial charge in [0.1, 0.15) is 18.4 Å². The van der Waals surface area contributed by atoms with E-state index in [0.29, 0.717) is 12.2 Å². The third-order valence-corrected chi connectivity index (χ3v) is 2.87. The second kappa shape index (κ2) is 9.34. The lowest BCUT2D eigenvalue weighted by Gasteiger charge is -2.17. The lowest BCUT2D eigenvalue weighted by Crippen LogP contribution is -2.42. The average Bonchev–Trinajstić information content (AvgIpc) is 2.48. The van der Waals surface area contributed by atoms with Crippen LogP contribution < -0.4 is 10.1 Å². The zero-order valence-corrected chi connectivity index (χ0v) is 12.1. The number of carbonyl (C=O) groups excluding carboxylic acids is 1. The molecule has 20 heavy (non-hydrogen) atoms. The maximum atomic E-state index is 11.6. The van der Waals surface area contributed by atoms with Gasteiger partial charge < -0.3 is 19.9 Å². The largest absolute Gasteiger partial charge is 0.491 e. The number of aliphatic hydroxyl groups excluding tert-OH is 1.